The second-order valence-corrected chi connectivity index (χ2v) is 9.47. The van der Waals surface area contributed by atoms with Crippen molar-refractivity contribution in [2.45, 2.75) is 51.7 Å². The molecule has 2 aliphatic heterocycles. The lowest BCUT2D eigenvalue weighted by Crippen LogP contribution is -2.17. The Hall–Kier alpha value is -2.93. The van der Waals surface area contributed by atoms with E-state index in [0.717, 1.165) is 19.5 Å². The second kappa shape index (κ2) is 9.28. The molecule has 7 heteroatoms. The predicted octanol–water partition coefficient (Wildman–Crippen LogP) is 3.75. The minimum Gasteiger partial charge on any atom is -0.493 e. The maximum atomic E-state index is 6.06. The van der Waals surface area contributed by atoms with Crippen LogP contribution in [0.1, 0.15) is 51.1 Å². The van der Waals surface area contributed by atoms with Crippen molar-refractivity contribution in [1.82, 2.24) is 10.3 Å². The first-order valence-electron chi connectivity index (χ1n) is 11.2. The summed E-state index contributed by atoms with van der Waals surface area (Å²) in [5.74, 6) is 1.77. The average molecular weight is 437 g/mol. The van der Waals surface area contributed by atoms with Gasteiger partial charge in [0.25, 0.3) is 0 Å². The minimum absolute atomic E-state index is 0.262. The molecule has 4 rings (SSSR count). The van der Waals surface area contributed by atoms with E-state index >= 15 is 0 Å². The Morgan fingerprint density at radius 3 is 2.03 bits per heavy atom. The average Bonchev–Trinajstić information content (AvgIpc) is 3.32. The lowest BCUT2D eigenvalue weighted by Gasteiger charge is -2.11. The van der Waals surface area contributed by atoms with E-state index in [1.54, 1.807) is 0 Å². The maximum absolute atomic E-state index is 6.06. The van der Waals surface area contributed by atoms with Crippen LogP contribution < -0.4 is 10.1 Å². The lowest BCUT2D eigenvalue weighted by molar-refractivity contribution is 0.277. The Bertz CT molecular complexity index is 947. The van der Waals surface area contributed by atoms with Crippen molar-refractivity contribution in [3.05, 3.63) is 59.4 Å². The van der Waals surface area contributed by atoms with Gasteiger partial charge in [-0.05, 0) is 46.2 Å². The molecule has 1 aromatic heterocycles. The van der Waals surface area contributed by atoms with Gasteiger partial charge in [-0.25, -0.2) is 15.0 Å². The fourth-order valence-corrected chi connectivity index (χ4v) is 3.45. The standard InChI is InChI=1S/C25H32N4O3/c1-24(2)16-31-22(28-24)20-13-19(14-21(27-20)23-29-25(3,4)17-32-23)30-12-8-11-26-15-18-9-6-5-7-10-18/h5-7,9-10,13-14,26H,8,11-12,15-17H2,1-4H3. The molecule has 2 aromatic rings. The van der Waals surface area contributed by atoms with Crippen LogP contribution in [0.2, 0.25) is 0 Å². The number of nitrogens with zero attached hydrogens (tertiary/aromatic N) is 3. The van der Waals surface area contributed by atoms with E-state index in [0.29, 0.717) is 48.8 Å². The molecule has 0 amide bonds. The third-order valence-electron chi connectivity index (χ3n) is 5.11. The largest absolute Gasteiger partial charge is 0.493 e. The Morgan fingerprint density at radius 1 is 0.906 bits per heavy atom. The van der Waals surface area contributed by atoms with E-state index in [2.05, 4.69) is 39.6 Å². The molecule has 0 saturated heterocycles. The van der Waals surface area contributed by atoms with Crippen LogP contribution in [0.3, 0.4) is 0 Å². The van der Waals surface area contributed by atoms with Gasteiger partial charge in [0.15, 0.2) is 0 Å². The van der Waals surface area contributed by atoms with Gasteiger partial charge in [-0.15, -0.1) is 0 Å². The van der Waals surface area contributed by atoms with E-state index in [4.69, 9.17) is 19.2 Å². The Kier molecular flexibility index (Phi) is 6.46. The van der Waals surface area contributed by atoms with Crippen molar-refractivity contribution >= 4 is 11.8 Å². The van der Waals surface area contributed by atoms with Crippen molar-refractivity contribution in [3.8, 4) is 5.75 Å². The first-order chi connectivity index (χ1) is 15.3. The molecule has 3 heterocycles. The summed E-state index contributed by atoms with van der Waals surface area (Å²) in [6.45, 7) is 11.5. The van der Waals surface area contributed by atoms with Gasteiger partial charge in [0.2, 0.25) is 11.8 Å². The number of pyridine rings is 1. The Morgan fingerprint density at radius 2 is 1.50 bits per heavy atom. The van der Waals surface area contributed by atoms with Gasteiger partial charge in [-0.2, -0.15) is 0 Å². The second-order valence-electron chi connectivity index (χ2n) is 9.47. The molecule has 0 bridgehead atoms. The van der Waals surface area contributed by atoms with Crippen molar-refractivity contribution in [1.29, 1.82) is 0 Å². The predicted molar refractivity (Wildman–Crippen MR) is 126 cm³/mol. The summed E-state index contributed by atoms with van der Waals surface area (Å²) in [6.07, 6.45) is 0.884. The van der Waals surface area contributed by atoms with Crippen LogP contribution in [0.15, 0.2) is 52.4 Å². The molecule has 170 valence electrons. The van der Waals surface area contributed by atoms with E-state index in [1.165, 1.54) is 5.56 Å². The van der Waals surface area contributed by atoms with Crippen molar-refractivity contribution in [3.63, 3.8) is 0 Å². The highest BCUT2D eigenvalue weighted by atomic mass is 16.5. The van der Waals surface area contributed by atoms with Gasteiger partial charge >= 0.3 is 0 Å². The van der Waals surface area contributed by atoms with E-state index in [1.807, 2.05) is 45.9 Å². The monoisotopic (exact) mass is 436 g/mol. The SMILES string of the molecule is CC1(C)COC(c2cc(OCCCNCc3ccccc3)cc(C3=NC(C)(C)CO3)n2)=N1. The molecule has 2 aliphatic rings. The van der Waals surface area contributed by atoms with Gasteiger partial charge in [0.05, 0.1) is 17.7 Å². The molecule has 32 heavy (non-hydrogen) atoms. The summed E-state index contributed by atoms with van der Waals surface area (Å²) >= 11 is 0. The number of aromatic nitrogens is 1. The molecule has 0 unspecified atom stereocenters. The quantitative estimate of drug-likeness (QED) is 0.606. The Labute approximate surface area is 189 Å². The number of benzene rings is 1. The fraction of sp³-hybridized carbons (Fsp3) is 0.480. The number of hydrogen-bond donors (Lipinski definition) is 1. The molecule has 0 radical (unpaired) electrons. The van der Waals surface area contributed by atoms with Gasteiger partial charge in [-0.3, -0.25) is 0 Å². The van der Waals surface area contributed by atoms with Crippen LogP contribution in [0.5, 0.6) is 5.75 Å². The molecule has 7 nitrogen and oxygen atoms in total. The summed E-state index contributed by atoms with van der Waals surface area (Å²) in [6, 6.07) is 14.1. The molecule has 0 atom stereocenters. The van der Waals surface area contributed by atoms with E-state index in [-0.39, 0.29) is 11.1 Å². The van der Waals surface area contributed by atoms with Crippen LogP contribution in [-0.4, -0.2) is 54.2 Å². The van der Waals surface area contributed by atoms with Gasteiger partial charge in [0, 0.05) is 18.7 Å². The summed E-state index contributed by atoms with van der Waals surface area (Å²) < 4.78 is 17.7. The fourth-order valence-electron chi connectivity index (χ4n) is 3.45. The van der Waals surface area contributed by atoms with Crippen molar-refractivity contribution in [2.24, 2.45) is 9.98 Å². The van der Waals surface area contributed by atoms with Crippen LogP contribution in [0.25, 0.3) is 0 Å². The molecule has 0 fully saturated rings. The zero-order valence-corrected chi connectivity index (χ0v) is 19.4. The van der Waals surface area contributed by atoms with Gasteiger partial charge in [0.1, 0.15) is 30.4 Å². The molecule has 1 aromatic carbocycles. The third kappa shape index (κ3) is 5.85. The maximum Gasteiger partial charge on any atom is 0.236 e. The van der Waals surface area contributed by atoms with E-state index in [9.17, 15) is 0 Å². The highest BCUT2D eigenvalue weighted by Gasteiger charge is 2.31. The van der Waals surface area contributed by atoms with E-state index < -0.39 is 0 Å². The van der Waals surface area contributed by atoms with Gasteiger partial charge < -0.3 is 19.5 Å². The molecule has 0 aliphatic carbocycles. The first kappa shape index (κ1) is 22.3. The van der Waals surface area contributed by atoms with Crippen LogP contribution in [-0.2, 0) is 16.0 Å². The number of nitrogens with one attached hydrogen (secondary N) is 1. The zero-order valence-electron chi connectivity index (χ0n) is 19.4. The third-order valence-corrected chi connectivity index (χ3v) is 5.11. The number of hydrogen-bond acceptors (Lipinski definition) is 7. The molecule has 0 saturated carbocycles. The summed E-state index contributed by atoms with van der Waals surface area (Å²) in [5.41, 5.74) is 2.03. The normalized spacial score (nSPS) is 18.5. The highest BCUT2D eigenvalue weighted by Crippen LogP contribution is 2.25. The van der Waals surface area contributed by atoms with Crippen molar-refractivity contribution in [2.75, 3.05) is 26.4 Å². The number of aliphatic imine (C=N–C) groups is 2. The molecule has 0 spiro atoms. The highest BCUT2D eigenvalue weighted by molar-refractivity contribution is 5.98. The molecular weight excluding hydrogens is 404 g/mol. The van der Waals surface area contributed by atoms with Crippen LogP contribution in [0.4, 0.5) is 0 Å². The first-order valence-corrected chi connectivity index (χ1v) is 11.2. The zero-order chi connectivity index (χ0) is 22.6. The topological polar surface area (TPSA) is 77.3 Å². The number of ether oxygens (including phenoxy) is 3. The van der Waals surface area contributed by atoms with Crippen LogP contribution in [0, 0.1) is 0 Å². The van der Waals surface area contributed by atoms with Crippen LogP contribution >= 0.6 is 0 Å². The minimum atomic E-state index is -0.262. The summed E-state index contributed by atoms with van der Waals surface area (Å²) in [5, 5.41) is 3.45. The number of rotatable bonds is 9. The van der Waals surface area contributed by atoms with Gasteiger partial charge in [-0.1, -0.05) is 30.3 Å². The lowest BCUT2D eigenvalue weighted by atomic mass is 10.1. The summed E-state index contributed by atoms with van der Waals surface area (Å²) in [7, 11) is 0. The van der Waals surface area contributed by atoms with Crippen molar-refractivity contribution < 1.29 is 14.2 Å². The Balaban J connectivity index is 1.41. The molecule has 1 N–H and O–H groups in total. The smallest absolute Gasteiger partial charge is 0.236 e. The summed E-state index contributed by atoms with van der Waals surface area (Å²) in [4.78, 5) is 14.0. The molecular formula is C25H32N4O3.